The van der Waals surface area contributed by atoms with Gasteiger partial charge in [0.05, 0.1) is 19.3 Å². The Morgan fingerprint density at radius 3 is 2.66 bits per heavy atom. The van der Waals surface area contributed by atoms with Crippen LogP contribution in [0.4, 0.5) is 10.6 Å². The van der Waals surface area contributed by atoms with E-state index in [2.05, 4.69) is 20.3 Å². The third kappa shape index (κ3) is 6.06. The molecule has 2 unspecified atom stereocenters. The number of hydrogen-bond donors (Lipinski definition) is 4. The quantitative estimate of drug-likeness (QED) is 0.319. The highest BCUT2D eigenvalue weighted by Crippen LogP contribution is 2.32. The van der Waals surface area contributed by atoms with Gasteiger partial charge in [0.25, 0.3) is 5.91 Å². The number of aryl methyl sites for hydroxylation is 1. The predicted octanol–water partition coefficient (Wildman–Crippen LogP) is -0.434. The van der Waals surface area contributed by atoms with Crippen molar-refractivity contribution >= 4 is 34.9 Å². The summed E-state index contributed by atoms with van der Waals surface area (Å²) in [5, 5.41) is 23.6. The maximum absolute atomic E-state index is 12.5. The molecule has 15 nitrogen and oxygen atoms in total. The van der Waals surface area contributed by atoms with Crippen molar-refractivity contribution in [3.8, 4) is 0 Å². The minimum absolute atomic E-state index is 0.0100. The topological polar surface area (TPSA) is 198 Å². The zero-order chi connectivity index (χ0) is 29.3. The molecule has 224 valence electrons. The average Bonchev–Trinajstić information content (AvgIpc) is 3.60. The molecule has 5 rings (SSSR count). The number of piperidine rings is 1. The number of nitrogens with two attached hydrogens (primary N) is 1. The molecule has 0 radical (unpaired) electrons. The largest absolute Gasteiger partial charge is 0.444 e. The molecule has 41 heavy (non-hydrogen) atoms. The Kier molecular flexibility index (Phi) is 8.56. The minimum atomic E-state index is -1.41. The number of aromatic nitrogens is 4. The molecule has 2 aromatic heterocycles. The SMILES string of the molecule is CCNC(=O)[C@H]1O[C@@H](n2cnc3c(N)nc(CCCC4CCN(C(=O)OC5CC(=O)N(C)C5)CC4)nc32)[C@@H](O)C1O. The van der Waals surface area contributed by atoms with Crippen LogP contribution < -0.4 is 11.1 Å². The predicted molar refractivity (Wildman–Crippen MR) is 144 cm³/mol. The van der Waals surface area contributed by atoms with E-state index in [1.165, 1.54) is 10.9 Å². The minimum Gasteiger partial charge on any atom is -0.444 e. The van der Waals surface area contributed by atoms with Crippen LogP contribution in [0.1, 0.15) is 51.1 Å². The number of aliphatic hydroxyl groups excluding tert-OH is 2. The highest BCUT2D eigenvalue weighted by Gasteiger charge is 2.47. The Bertz CT molecular complexity index is 1280. The van der Waals surface area contributed by atoms with Crippen LogP contribution in [0.2, 0.25) is 0 Å². The van der Waals surface area contributed by atoms with Crippen LogP contribution in [-0.2, 0) is 25.5 Å². The second kappa shape index (κ2) is 12.1. The molecule has 0 spiro atoms. The summed E-state index contributed by atoms with van der Waals surface area (Å²) in [7, 11) is 1.71. The number of ether oxygens (including phenoxy) is 2. The number of nitrogens with one attached hydrogen (secondary N) is 1. The standard InChI is InChI=1S/C26H38N8O7/c1-3-28-24(38)21-19(36)20(37)25(41-21)34-13-29-18-22(27)30-16(31-23(18)34)6-4-5-14-7-9-33(10-8-14)26(39)40-15-11-17(35)32(2)12-15/h13-15,19-21,25,36-37H,3-12H2,1-2H3,(H,28,38)(H2,27,30,31)/t15?,19?,20-,21-,25+/m0/s1. The zero-order valence-electron chi connectivity index (χ0n) is 23.3. The molecule has 5 heterocycles. The number of carbonyl (C=O) groups is 3. The van der Waals surface area contributed by atoms with E-state index in [9.17, 15) is 24.6 Å². The van der Waals surface area contributed by atoms with Crippen LogP contribution in [0, 0.1) is 5.92 Å². The lowest BCUT2D eigenvalue weighted by Crippen LogP contribution is -2.42. The first-order valence-corrected chi connectivity index (χ1v) is 14.1. The van der Waals surface area contributed by atoms with Gasteiger partial charge < -0.3 is 40.5 Å². The summed E-state index contributed by atoms with van der Waals surface area (Å²) in [5.74, 6) is 0.631. The Hall–Kier alpha value is -3.56. The van der Waals surface area contributed by atoms with Crippen molar-refractivity contribution in [2.24, 2.45) is 5.92 Å². The van der Waals surface area contributed by atoms with Gasteiger partial charge in [-0.2, -0.15) is 0 Å². The van der Waals surface area contributed by atoms with Gasteiger partial charge in [0.15, 0.2) is 23.8 Å². The maximum atomic E-state index is 12.5. The lowest BCUT2D eigenvalue weighted by atomic mass is 9.91. The van der Waals surface area contributed by atoms with Crippen LogP contribution in [0.5, 0.6) is 0 Å². The first kappa shape index (κ1) is 29.0. The number of nitrogens with zero attached hydrogens (tertiary/aromatic N) is 6. The van der Waals surface area contributed by atoms with Crippen LogP contribution in [0.25, 0.3) is 11.2 Å². The van der Waals surface area contributed by atoms with Crippen molar-refractivity contribution in [1.29, 1.82) is 0 Å². The van der Waals surface area contributed by atoms with E-state index in [0.717, 1.165) is 25.7 Å². The van der Waals surface area contributed by atoms with E-state index in [1.54, 1.807) is 23.8 Å². The number of rotatable bonds is 8. The van der Waals surface area contributed by atoms with Gasteiger partial charge in [-0.1, -0.05) is 0 Å². The number of amides is 3. The van der Waals surface area contributed by atoms with Crippen molar-refractivity contribution in [1.82, 2.24) is 34.6 Å². The number of fused-ring (bicyclic) bond motifs is 1. The summed E-state index contributed by atoms with van der Waals surface area (Å²) in [6.07, 6.45) is -0.151. The van der Waals surface area contributed by atoms with Crippen LogP contribution in [-0.4, -0.2) is 115 Å². The average molecular weight is 575 g/mol. The normalized spacial score (nSPS) is 27.1. The number of hydrogen-bond acceptors (Lipinski definition) is 11. The third-order valence-corrected chi connectivity index (χ3v) is 8.08. The van der Waals surface area contributed by atoms with Gasteiger partial charge in [0.2, 0.25) is 5.91 Å². The Labute approximate surface area is 237 Å². The Morgan fingerprint density at radius 1 is 1.22 bits per heavy atom. The first-order chi connectivity index (χ1) is 19.7. The monoisotopic (exact) mass is 574 g/mol. The fourth-order valence-corrected chi connectivity index (χ4v) is 5.74. The smallest absolute Gasteiger partial charge is 0.410 e. The second-order valence-electron chi connectivity index (χ2n) is 11.0. The van der Waals surface area contributed by atoms with Gasteiger partial charge in [0, 0.05) is 33.1 Å². The van der Waals surface area contributed by atoms with E-state index in [4.69, 9.17) is 15.2 Å². The summed E-state index contributed by atoms with van der Waals surface area (Å²) in [4.78, 5) is 53.0. The molecule has 0 aromatic carbocycles. The number of likely N-dealkylation sites (tertiary alicyclic amines) is 2. The number of nitrogen functional groups attached to an aromatic ring is 1. The van der Waals surface area contributed by atoms with Gasteiger partial charge in [-0.3, -0.25) is 14.2 Å². The van der Waals surface area contributed by atoms with Crippen molar-refractivity contribution in [2.75, 3.05) is 39.0 Å². The maximum Gasteiger partial charge on any atom is 0.410 e. The molecule has 3 fully saturated rings. The van der Waals surface area contributed by atoms with Crippen molar-refractivity contribution < 1.29 is 34.1 Å². The molecule has 3 aliphatic rings. The Balaban J connectivity index is 1.14. The Morgan fingerprint density at radius 2 is 1.98 bits per heavy atom. The molecule has 2 aromatic rings. The highest BCUT2D eigenvalue weighted by molar-refractivity contribution is 5.83. The summed E-state index contributed by atoms with van der Waals surface area (Å²) >= 11 is 0. The lowest BCUT2D eigenvalue weighted by Gasteiger charge is -2.32. The summed E-state index contributed by atoms with van der Waals surface area (Å²) in [5.41, 5.74) is 6.85. The third-order valence-electron chi connectivity index (χ3n) is 8.08. The van der Waals surface area contributed by atoms with Crippen molar-refractivity contribution in [3.63, 3.8) is 0 Å². The van der Waals surface area contributed by atoms with E-state index in [1.807, 2.05) is 0 Å². The molecule has 5 atom stereocenters. The summed E-state index contributed by atoms with van der Waals surface area (Å²) in [6, 6.07) is 0. The molecule has 0 aliphatic carbocycles. The van der Waals surface area contributed by atoms with Gasteiger partial charge in [0.1, 0.15) is 29.7 Å². The van der Waals surface area contributed by atoms with E-state index < -0.39 is 30.4 Å². The molecular formula is C26H38N8O7. The van der Waals surface area contributed by atoms with Gasteiger partial charge in [-0.25, -0.2) is 19.7 Å². The van der Waals surface area contributed by atoms with Gasteiger partial charge in [-0.15, -0.1) is 0 Å². The molecule has 3 amide bonds. The zero-order valence-corrected chi connectivity index (χ0v) is 23.3. The molecule has 0 bridgehead atoms. The lowest BCUT2D eigenvalue weighted by molar-refractivity contribution is -0.137. The van der Waals surface area contributed by atoms with Gasteiger partial charge >= 0.3 is 6.09 Å². The number of likely N-dealkylation sites (N-methyl/N-ethyl adjacent to an activating group) is 2. The number of imidazole rings is 1. The number of carbonyl (C=O) groups excluding carboxylic acids is 3. The van der Waals surface area contributed by atoms with Crippen LogP contribution >= 0.6 is 0 Å². The fraction of sp³-hybridized carbons (Fsp3) is 0.692. The first-order valence-electron chi connectivity index (χ1n) is 14.1. The molecule has 0 saturated carbocycles. The summed E-state index contributed by atoms with van der Waals surface area (Å²) in [6.45, 7) is 3.77. The number of anilines is 1. The molecular weight excluding hydrogens is 536 g/mol. The van der Waals surface area contributed by atoms with E-state index >= 15 is 0 Å². The molecule has 5 N–H and O–H groups in total. The van der Waals surface area contributed by atoms with Crippen molar-refractivity contribution in [3.05, 3.63) is 12.2 Å². The van der Waals surface area contributed by atoms with Gasteiger partial charge in [-0.05, 0) is 38.5 Å². The molecule has 3 aliphatic heterocycles. The summed E-state index contributed by atoms with van der Waals surface area (Å²) < 4.78 is 12.7. The highest BCUT2D eigenvalue weighted by atomic mass is 16.6. The van der Waals surface area contributed by atoms with Crippen molar-refractivity contribution in [2.45, 2.75) is 76.1 Å². The molecule has 15 heteroatoms. The van der Waals surface area contributed by atoms with E-state index in [0.29, 0.717) is 55.5 Å². The van der Waals surface area contributed by atoms with Crippen LogP contribution in [0.15, 0.2) is 6.33 Å². The van der Waals surface area contributed by atoms with Crippen LogP contribution in [0.3, 0.4) is 0 Å². The van der Waals surface area contributed by atoms with E-state index in [-0.39, 0.29) is 30.3 Å². The number of aliphatic hydroxyl groups is 2. The fourth-order valence-electron chi connectivity index (χ4n) is 5.74. The molecule has 3 saturated heterocycles. The second-order valence-corrected chi connectivity index (χ2v) is 11.0.